The number of amides is 1. The van der Waals surface area contributed by atoms with E-state index in [1.807, 2.05) is 0 Å². The van der Waals surface area contributed by atoms with Gasteiger partial charge in [-0.1, -0.05) is 9.39 Å². The average molecular weight is 176 g/mol. The molecule has 0 aromatic heterocycles. The number of carbonyl (C=O) groups excluding carboxylic acids is 1. The van der Waals surface area contributed by atoms with E-state index in [0.717, 1.165) is 0 Å². The van der Waals surface area contributed by atoms with Gasteiger partial charge in [0.15, 0.2) is 0 Å². The third-order valence-corrected chi connectivity index (χ3v) is 2.22. The van der Waals surface area contributed by atoms with E-state index in [2.05, 4.69) is 19.8 Å². The molecule has 1 saturated heterocycles. The first-order chi connectivity index (χ1) is 5.24. The van der Waals surface area contributed by atoms with Gasteiger partial charge in [-0.05, 0) is 12.8 Å². The van der Waals surface area contributed by atoms with Crippen LogP contribution in [0.5, 0.6) is 0 Å². The highest BCUT2D eigenvalue weighted by Gasteiger charge is 2.21. The Kier molecular flexibility index (Phi) is 3.24. The molecule has 0 aliphatic carbocycles. The number of rotatable bonds is 1. The summed E-state index contributed by atoms with van der Waals surface area (Å²) in [5, 5.41) is 14.6. The molecule has 1 aliphatic heterocycles. The van der Waals surface area contributed by atoms with Crippen molar-refractivity contribution in [2.45, 2.75) is 25.0 Å². The van der Waals surface area contributed by atoms with Crippen LogP contribution in [0.2, 0.25) is 0 Å². The summed E-state index contributed by atoms with van der Waals surface area (Å²) < 4.78 is 0. The van der Waals surface area contributed by atoms with Crippen LogP contribution in [-0.4, -0.2) is 29.7 Å². The van der Waals surface area contributed by atoms with Crippen LogP contribution in [-0.2, 0) is 4.79 Å². The van der Waals surface area contributed by atoms with Gasteiger partial charge in [0.05, 0.1) is 12.1 Å². The van der Waals surface area contributed by atoms with Crippen molar-refractivity contribution in [3.05, 3.63) is 0 Å². The molecule has 0 spiro atoms. The fraction of sp³-hybridized carbons (Fsp3) is 0.833. The molecule has 5 heteroatoms. The summed E-state index contributed by atoms with van der Waals surface area (Å²) in [6.07, 6.45) is 0.976. The lowest BCUT2D eigenvalue weighted by atomic mass is 10.1. The maximum atomic E-state index is 11.1. The van der Waals surface area contributed by atoms with Gasteiger partial charge in [-0.25, -0.2) is 0 Å². The van der Waals surface area contributed by atoms with E-state index in [1.54, 1.807) is 0 Å². The van der Waals surface area contributed by atoms with E-state index < -0.39 is 0 Å². The Morgan fingerprint density at radius 3 is 3.00 bits per heavy atom. The zero-order valence-electron chi connectivity index (χ0n) is 6.21. The van der Waals surface area contributed by atoms with Gasteiger partial charge in [-0.15, -0.1) is 0 Å². The van der Waals surface area contributed by atoms with Gasteiger partial charge in [0.25, 0.3) is 0 Å². The normalized spacial score (nSPS) is 32.7. The predicted octanol–water partition coefficient (Wildman–Crippen LogP) is -0.994. The average Bonchev–Trinajstić information content (AvgIpc) is 2.15. The van der Waals surface area contributed by atoms with Crippen molar-refractivity contribution in [3.8, 4) is 0 Å². The molecule has 4 nitrogen and oxygen atoms in total. The SMILES string of the molecule is O=C1NCC(O)CCC1NP. The maximum Gasteiger partial charge on any atom is 0.237 e. The fourth-order valence-corrected chi connectivity index (χ4v) is 1.41. The van der Waals surface area contributed by atoms with Gasteiger partial charge in [-0.2, -0.15) is 0 Å². The summed E-state index contributed by atoms with van der Waals surface area (Å²) in [7, 11) is 2.31. The number of aliphatic hydroxyl groups excluding tert-OH is 1. The van der Waals surface area contributed by atoms with E-state index in [1.165, 1.54) is 0 Å². The highest BCUT2D eigenvalue weighted by molar-refractivity contribution is 7.13. The van der Waals surface area contributed by atoms with Gasteiger partial charge in [0.1, 0.15) is 0 Å². The van der Waals surface area contributed by atoms with E-state index in [0.29, 0.717) is 19.4 Å². The molecule has 3 N–H and O–H groups in total. The molecule has 0 aromatic rings. The first-order valence-electron chi connectivity index (χ1n) is 3.66. The zero-order valence-corrected chi connectivity index (χ0v) is 7.36. The number of hydrogen-bond donors (Lipinski definition) is 3. The first kappa shape index (κ1) is 8.91. The number of aliphatic hydroxyl groups is 1. The lowest BCUT2D eigenvalue weighted by Gasteiger charge is -2.09. The van der Waals surface area contributed by atoms with E-state index in [-0.39, 0.29) is 18.1 Å². The molecule has 1 aliphatic rings. The Morgan fingerprint density at radius 2 is 2.36 bits per heavy atom. The number of nitrogens with one attached hydrogen (secondary N) is 2. The van der Waals surface area contributed by atoms with Crippen LogP contribution in [0.4, 0.5) is 0 Å². The second kappa shape index (κ2) is 4.00. The highest BCUT2D eigenvalue weighted by Crippen LogP contribution is 2.06. The number of β-amino-alcohol motifs (C(OH)–C–C–N with tert-alkyl or cyclic N) is 1. The number of carbonyl (C=O) groups is 1. The second-order valence-corrected chi connectivity index (χ2v) is 3.03. The molecule has 0 aromatic carbocycles. The van der Waals surface area contributed by atoms with Crippen LogP contribution < -0.4 is 10.4 Å². The molecule has 11 heavy (non-hydrogen) atoms. The van der Waals surface area contributed by atoms with Crippen LogP contribution in [0.1, 0.15) is 12.8 Å². The molecule has 0 radical (unpaired) electrons. The quantitative estimate of drug-likeness (QED) is 0.449. The lowest BCUT2D eigenvalue weighted by Crippen LogP contribution is -2.39. The highest BCUT2D eigenvalue weighted by atomic mass is 31.0. The van der Waals surface area contributed by atoms with Crippen molar-refractivity contribution in [2.75, 3.05) is 6.54 Å². The van der Waals surface area contributed by atoms with Crippen molar-refractivity contribution < 1.29 is 9.90 Å². The number of hydrogen-bond acceptors (Lipinski definition) is 3. The van der Waals surface area contributed by atoms with Gasteiger partial charge in [0.2, 0.25) is 5.91 Å². The summed E-state index contributed by atoms with van der Waals surface area (Å²) in [5.41, 5.74) is 0. The fourth-order valence-electron chi connectivity index (χ4n) is 1.09. The largest absolute Gasteiger partial charge is 0.391 e. The third-order valence-electron chi connectivity index (χ3n) is 1.82. The summed E-state index contributed by atoms with van der Waals surface area (Å²) >= 11 is 0. The van der Waals surface area contributed by atoms with E-state index in [4.69, 9.17) is 0 Å². The van der Waals surface area contributed by atoms with Gasteiger partial charge < -0.3 is 10.4 Å². The molecule has 1 heterocycles. The Balaban J connectivity index is 2.48. The molecule has 0 bridgehead atoms. The second-order valence-electron chi connectivity index (χ2n) is 2.70. The summed E-state index contributed by atoms with van der Waals surface area (Å²) in [6, 6.07) is -0.169. The summed E-state index contributed by atoms with van der Waals surface area (Å²) in [4.78, 5) is 11.1. The van der Waals surface area contributed by atoms with E-state index in [9.17, 15) is 9.90 Å². The Hall–Kier alpha value is -0.180. The standard InChI is InChI=1S/C6H13N2O2P/c9-4-1-2-5(8-11)6(10)7-3-4/h4-5,8-9H,1-3,11H2,(H,7,10). The molecule has 1 amide bonds. The third kappa shape index (κ3) is 2.40. The minimum absolute atomic E-state index is 0.0310. The van der Waals surface area contributed by atoms with Crippen LogP contribution in [0.25, 0.3) is 0 Å². The van der Waals surface area contributed by atoms with Crippen molar-refractivity contribution in [1.82, 2.24) is 10.4 Å². The van der Waals surface area contributed by atoms with Crippen molar-refractivity contribution in [3.63, 3.8) is 0 Å². The van der Waals surface area contributed by atoms with Gasteiger partial charge >= 0.3 is 0 Å². The van der Waals surface area contributed by atoms with Crippen LogP contribution in [0, 0.1) is 0 Å². The minimum atomic E-state index is -0.387. The first-order valence-corrected chi connectivity index (χ1v) is 4.23. The molecular weight excluding hydrogens is 163 g/mol. The topological polar surface area (TPSA) is 61.4 Å². The Morgan fingerprint density at radius 1 is 1.64 bits per heavy atom. The van der Waals surface area contributed by atoms with Gasteiger partial charge in [-0.3, -0.25) is 9.88 Å². The summed E-state index contributed by atoms with van der Waals surface area (Å²) in [6.45, 7) is 0.377. The van der Waals surface area contributed by atoms with Crippen LogP contribution in [0.3, 0.4) is 0 Å². The predicted molar refractivity (Wildman–Crippen MR) is 44.9 cm³/mol. The molecular formula is C6H13N2O2P. The Bertz CT molecular complexity index is 154. The summed E-state index contributed by atoms with van der Waals surface area (Å²) in [5.74, 6) is -0.0310. The van der Waals surface area contributed by atoms with Crippen LogP contribution in [0.15, 0.2) is 0 Å². The Labute approximate surface area is 68.0 Å². The molecule has 3 unspecified atom stereocenters. The molecule has 64 valence electrons. The molecule has 1 fully saturated rings. The minimum Gasteiger partial charge on any atom is -0.391 e. The van der Waals surface area contributed by atoms with Crippen molar-refractivity contribution in [2.24, 2.45) is 0 Å². The lowest BCUT2D eigenvalue weighted by molar-refractivity contribution is -0.122. The molecule has 1 rings (SSSR count). The maximum absolute atomic E-state index is 11.1. The van der Waals surface area contributed by atoms with E-state index >= 15 is 0 Å². The zero-order chi connectivity index (χ0) is 8.27. The van der Waals surface area contributed by atoms with Crippen molar-refractivity contribution >= 4 is 15.3 Å². The van der Waals surface area contributed by atoms with Crippen molar-refractivity contribution in [1.29, 1.82) is 0 Å². The monoisotopic (exact) mass is 176 g/mol. The molecule has 0 saturated carbocycles. The van der Waals surface area contributed by atoms with Crippen LogP contribution >= 0.6 is 9.39 Å². The van der Waals surface area contributed by atoms with Gasteiger partial charge in [0, 0.05) is 6.54 Å². The molecule has 3 atom stereocenters. The smallest absolute Gasteiger partial charge is 0.237 e.